The summed E-state index contributed by atoms with van der Waals surface area (Å²) in [6.45, 7) is 6.37. The molecule has 2 aromatic carbocycles. The first-order chi connectivity index (χ1) is 15.0. The van der Waals surface area contributed by atoms with Crippen molar-refractivity contribution in [3.63, 3.8) is 0 Å². The van der Waals surface area contributed by atoms with E-state index in [0.717, 1.165) is 28.3 Å². The summed E-state index contributed by atoms with van der Waals surface area (Å²) in [4.78, 5) is 8.69. The third-order valence-electron chi connectivity index (χ3n) is 4.87. The summed E-state index contributed by atoms with van der Waals surface area (Å²) >= 11 is 0. The molecule has 1 radical (unpaired) electrons. The molecule has 0 aliphatic carbocycles. The fourth-order valence-corrected chi connectivity index (χ4v) is 3.18. The molecule has 32 heavy (non-hydrogen) atoms. The maximum Gasteiger partial charge on any atom is 0.0494 e. The molecule has 5 rings (SSSR count). The van der Waals surface area contributed by atoms with Gasteiger partial charge in [-0.1, -0.05) is 62.9 Å². The fourth-order valence-electron chi connectivity index (χ4n) is 3.18. The molecule has 4 nitrogen and oxygen atoms in total. The number of pyridine rings is 2. The zero-order chi connectivity index (χ0) is 21.7. The second-order valence-electron chi connectivity index (χ2n) is 8.24. The average molecular weight is 597 g/mol. The van der Waals surface area contributed by atoms with Gasteiger partial charge in [-0.3, -0.25) is 4.98 Å². The zero-order valence-electron chi connectivity index (χ0n) is 18.3. The quantitative estimate of drug-likeness (QED) is 0.231. The third kappa shape index (κ3) is 5.56. The Morgan fingerprint density at radius 3 is 2.28 bits per heavy atom. The Morgan fingerprint density at radius 1 is 0.812 bits per heavy atom. The van der Waals surface area contributed by atoms with Gasteiger partial charge in [-0.15, -0.1) is 35.9 Å². The molecule has 163 valence electrons. The average Bonchev–Trinajstić information content (AvgIpc) is 3.32. The molecule has 0 amide bonds. The minimum atomic E-state index is 0. The van der Waals surface area contributed by atoms with Crippen LogP contribution in [0.1, 0.15) is 26.5 Å². The van der Waals surface area contributed by atoms with Crippen LogP contribution in [0.5, 0.6) is 0 Å². The Hall–Kier alpha value is -3.14. The van der Waals surface area contributed by atoms with Crippen LogP contribution in [0, 0.1) is 6.07 Å². The molecule has 3 heterocycles. The Morgan fingerprint density at radius 2 is 1.59 bits per heavy atom. The summed E-state index contributed by atoms with van der Waals surface area (Å²) < 4.78 is 0. The summed E-state index contributed by atoms with van der Waals surface area (Å²) in [5, 5.41) is 10.7. The van der Waals surface area contributed by atoms with Crippen LogP contribution in [-0.4, -0.2) is 15.1 Å². The van der Waals surface area contributed by atoms with Gasteiger partial charge in [-0.25, -0.2) is 0 Å². The molecule has 0 aliphatic heterocycles. The number of aromatic nitrogens is 4. The monoisotopic (exact) mass is 597 g/mol. The van der Waals surface area contributed by atoms with Crippen LogP contribution < -0.4 is 5.10 Å². The van der Waals surface area contributed by atoms with Crippen molar-refractivity contribution < 1.29 is 20.1 Å². The van der Waals surface area contributed by atoms with Crippen molar-refractivity contribution in [1.29, 1.82) is 0 Å². The number of fused-ring (bicyclic) bond motifs is 1. The largest absolute Gasteiger partial charge is 0.573 e. The maximum absolute atomic E-state index is 4.45. The van der Waals surface area contributed by atoms with Crippen molar-refractivity contribution >= 4 is 10.8 Å². The molecule has 0 spiro atoms. The number of hydrogen-bond donors (Lipinski definition) is 0. The van der Waals surface area contributed by atoms with E-state index in [0.29, 0.717) is 0 Å². The summed E-state index contributed by atoms with van der Waals surface area (Å²) in [7, 11) is 0. The SMILES string of the molecule is CC(C)(C)c1cc(-c2ccccn2)[n-]n1.[Ir].[c-]1ccccc1-c1nccc2ccccc12. The standard InChI is InChI=1S/C15H10N.C12H14N3.Ir/c1-2-7-13(8-3-1)15-14-9-5-4-6-12(14)10-11-16-15;1-12(2,3)11-8-10(14-15-11)9-6-4-5-7-13-9;/h1-7,9-11H;4-8H,1-3H3;/q2*-1;. The van der Waals surface area contributed by atoms with Crippen LogP contribution in [0.4, 0.5) is 0 Å². The fraction of sp³-hybridized carbons (Fsp3) is 0.148. The molecule has 0 bridgehead atoms. The van der Waals surface area contributed by atoms with Crippen molar-refractivity contribution in [1.82, 2.24) is 20.2 Å². The Bertz CT molecular complexity index is 1250. The van der Waals surface area contributed by atoms with E-state index < -0.39 is 0 Å². The predicted octanol–water partition coefficient (Wildman–Crippen LogP) is 6.10. The summed E-state index contributed by atoms with van der Waals surface area (Å²) in [5.74, 6) is 0. The second kappa shape index (κ2) is 10.4. The molecule has 5 heteroatoms. The Balaban J connectivity index is 0.000000176. The first-order valence-corrected chi connectivity index (χ1v) is 10.3. The normalized spacial score (nSPS) is 10.7. The van der Waals surface area contributed by atoms with Gasteiger partial charge in [-0.2, -0.15) is 0 Å². The summed E-state index contributed by atoms with van der Waals surface area (Å²) in [6.07, 6.45) is 3.61. The van der Waals surface area contributed by atoms with Crippen LogP contribution in [0.3, 0.4) is 0 Å². The van der Waals surface area contributed by atoms with E-state index in [2.05, 4.69) is 59.1 Å². The van der Waals surface area contributed by atoms with Gasteiger partial charge in [0.15, 0.2) is 0 Å². The van der Waals surface area contributed by atoms with Crippen molar-refractivity contribution in [2.75, 3.05) is 0 Å². The van der Waals surface area contributed by atoms with Gasteiger partial charge < -0.3 is 15.2 Å². The number of rotatable bonds is 2. The van der Waals surface area contributed by atoms with E-state index in [-0.39, 0.29) is 25.5 Å². The molecule has 0 unspecified atom stereocenters. The van der Waals surface area contributed by atoms with Crippen molar-refractivity contribution in [3.8, 4) is 22.6 Å². The van der Waals surface area contributed by atoms with Crippen molar-refractivity contribution in [2.45, 2.75) is 26.2 Å². The van der Waals surface area contributed by atoms with Crippen LogP contribution in [0.2, 0.25) is 0 Å². The first-order valence-electron chi connectivity index (χ1n) is 10.3. The molecular weight excluding hydrogens is 573 g/mol. The van der Waals surface area contributed by atoms with Crippen molar-refractivity contribution in [2.24, 2.45) is 0 Å². The molecule has 0 saturated heterocycles. The minimum Gasteiger partial charge on any atom is -0.573 e. The smallest absolute Gasteiger partial charge is 0.0494 e. The maximum atomic E-state index is 4.45. The van der Waals surface area contributed by atoms with E-state index in [4.69, 9.17) is 0 Å². The van der Waals surface area contributed by atoms with Crippen LogP contribution >= 0.6 is 0 Å². The molecular formula is C27H24IrN4-2. The predicted molar refractivity (Wildman–Crippen MR) is 126 cm³/mol. The summed E-state index contributed by atoms with van der Waals surface area (Å²) in [5.41, 5.74) is 4.81. The van der Waals surface area contributed by atoms with Gasteiger partial charge in [0, 0.05) is 49.3 Å². The van der Waals surface area contributed by atoms with Gasteiger partial charge >= 0.3 is 0 Å². The van der Waals surface area contributed by atoms with Crippen molar-refractivity contribution in [3.05, 3.63) is 103 Å². The molecule has 0 saturated carbocycles. The van der Waals surface area contributed by atoms with E-state index in [1.54, 1.807) is 6.20 Å². The molecule has 5 aromatic rings. The topological polar surface area (TPSA) is 52.8 Å². The molecule has 0 atom stereocenters. The molecule has 3 aromatic heterocycles. The van der Waals surface area contributed by atoms with E-state index >= 15 is 0 Å². The number of hydrogen-bond acceptors (Lipinski definition) is 3. The number of benzene rings is 2. The summed E-state index contributed by atoms with van der Waals surface area (Å²) in [6, 6.07) is 29.2. The van der Waals surface area contributed by atoms with E-state index in [1.807, 2.05) is 72.9 Å². The van der Waals surface area contributed by atoms with Gasteiger partial charge in [0.05, 0.1) is 0 Å². The van der Waals surface area contributed by atoms with Gasteiger partial charge in [0.25, 0.3) is 0 Å². The van der Waals surface area contributed by atoms with Gasteiger partial charge in [0.2, 0.25) is 0 Å². The molecule has 0 aliphatic rings. The van der Waals surface area contributed by atoms with Gasteiger partial charge in [0.1, 0.15) is 0 Å². The third-order valence-corrected chi connectivity index (χ3v) is 4.87. The number of nitrogens with zero attached hydrogens (tertiary/aromatic N) is 4. The second-order valence-corrected chi connectivity index (χ2v) is 8.24. The zero-order valence-corrected chi connectivity index (χ0v) is 20.7. The minimum absolute atomic E-state index is 0. The van der Waals surface area contributed by atoms with Crippen LogP contribution in [0.25, 0.3) is 33.4 Å². The van der Waals surface area contributed by atoms with Crippen LogP contribution in [-0.2, 0) is 25.5 Å². The molecule has 0 N–H and O–H groups in total. The molecule has 0 fully saturated rings. The Kier molecular flexibility index (Phi) is 7.68. The first kappa shape index (κ1) is 23.5. The van der Waals surface area contributed by atoms with E-state index in [1.165, 1.54) is 10.8 Å². The van der Waals surface area contributed by atoms with Crippen LogP contribution in [0.15, 0.2) is 91.3 Å². The Labute approximate surface area is 202 Å². The van der Waals surface area contributed by atoms with Gasteiger partial charge in [-0.05, 0) is 34.7 Å². The van der Waals surface area contributed by atoms with E-state index in [9.17, 15) is 0 Å².